The Bertz CT molecular complexity index is 1100. The van der Waals surface area contributed by atoms with E-state index in [0.717, 1.165) is 25.0 Å². The molecule has 1 heterocycles. The minimum Gasteiger partial charge on any atom is -0.399 e. The summed E-state index contributed by atoms with van der Waals surface area (Å²) >= 11 is 0. The van der Waals surface area contributed by atoms with Crippen LogP contribution < -0.4 is 5.46 Å². The quantitative estimate of drug-likeness (QED) is 0.565. The van der Waals surface area contributed by atoms with E-state index in [9.17, 15) is 18.0 Å². The van der Waals surface area contributed by atoms with Crippen LogP contribution in [0.3, 0.4) is 0 Å². The van der Waals surface area contributed by atoms with Crippen LogP contribution in [0.25, 0.3) is 0 Å². The molecule has 3 aliphatic rings. The number of amides is 1. The molecule has 1 aliphatic heterocycles. The number of carbonyl (C=O) groups is 1. The second kappa shape index (κ2) is 8.37. The first kappa shape index (κ1) is 24.4. The Morgan fingerprint density at radius 2 is 1.57 bits per heavy atom. The van der Waals surface area contributed by atoms with Crippen molar-refractivity contribution in [3.63, 3.8) is 0 Å². The molecule has 0 N–H and O–H groups in total. The van der Waals surface area contributed by atoms with E-state index in [1.807, 2.05) is 44.7 Å². The number of fused-ring (bicyclic) bond motifs is 1. The molecule has 0 radical (unpaired) electrons. The summed E-state index contributed by atoms with van der Waals surface area (Å²) in [6, 6.07) is 11.7. The second-order valence-electron chi connectivity index (χ2n) is 11.1. The lowest BCUT2D eigenvalue weighted by Gasteiger charge is -2.32. The van der Waals surface area contributed by atoms with Crippen LogP contribution in [0, 0.1) is 5.92 Å². The summed E-state index contributed by atoms with van der Waals surface area (Å²) in [5.74, 6) is -0.00936. The Hall–Kier alpha value is -2.32. The van der Waals surface area contributed by atoms with Gasteiger partial charge in [-0.3, -0.25) is 4.79 Å². The zero-order chi connectivity index (χ0) is 25.2. The Morgan fingerprint density at radius 3 is 2.09 bits per heavy atom. The van der Waals surface area contributed by atoms with Crippen LogP contribution in [0.5, 0.6) is 0 Å². The maximum absolute atomic E-state index is 13.7. The molecule has 186 valence electrons. The number of carbonyl (C=O) groups excluding carboxylic acids is 1. The SMILES string of the molecule is CC1(C)OB(c2ccc(C(F)(F)F)cc2CN(C(=O)C2CC2)C2Cc3ccccc3C2)OC1(C)C. The standard InChI is InChI=1S/C27H31BF3NO3/c1-25(2)26(3,4)35-28(34-25)23-12-11-21(27(29,30)31)13-20(23)16-32(24(33)17-9-10-17)22-14-18-7-5-6-8-19(18)15-22/h5-8,11-13,17,22H,9-10,14-16H2,1-4H3. The molecule has 35 heavy (non-hydrogen) atoms. The molecule has 5 rings (SSSR count). The van der Waals surface area contributed by atoms with E-state index in [4.69, 9.17) is 9.31 Å². The summed E-state index contributed by atoms with van der Waals surface area (Å²) < 4.78 is 53.5. The molecule has 1 amide bonds. The molecule has 2 fully saturated rings. The predicted molar refractivity (Wildman–Crippen MR) is 128 cm³/mol. The van der Waals surface area contributed by atoms with Crippen LogP contribution >= 0.6 is 0 Å². The van der Waals surface area contributed by atoms with Gasteiger partial charge in [0, 0.05) is 18.5 Å². The number of benzene rings is 2. The van der Waals surface area contributed by atoms with E-state index in [1.165, 1.54) is 17.2 Å². The largest absolute Gasteiger partial charge is 0.495 e. The lowest BCUT2D eigenvalue weighted by atomic mass is 9.75. The topological polar surface area (TPSA) is 38.8 Å². The van der Waals surface area contributed by atoms with Crippen molar-refractivity contribution in [2.45, 2.75) is 83.3 Å². The van der Waals surface area contributed by atoms with Gasteiger partial charge in [-0.05, 0) is 81.6 Å². The lowest BCUT2D eigenvalue weighted by molar-refractivity contribution is -0.137. The van der Waals surface area contributed by atoms with Gasteiger partial charge in [-0.2, -0.15) is 13.2 Å². The number of rotatable bonds is 5. The van der Waals surface area contributed by atoms with E-state index < -0.39 is 30.1 Å². The monoisotopic (exact) mass is 485 g/mol. The van der Waals surface area contributed by atoms with Crippen LogP contribution in [0.2, 0.25) is 0 Å². The maximum atomic E-state index is 13.7. The first-order valence-electron chi connectivity index (χ1n) is 12.3. The minimum absolute atomic E-state index is 0.0279. The van der Waals surface area contributed by atoms with Gasteiger partial charge in [0.15, 0.2) is 0 Å². The van der Waals surface area contributed by atoms with Crippen LogP contribution in [-0.4, -0.2) is 35.2 Å². The van der Waals surface area contributed by atoms with Gasteiger partial charge in [-0.1, -0.05) is 36.4 Å². The fraction of sp³-hybridized carbons (Fsp3) is 0.519. The van der Waals surface area contributed by atoms with Gasteiger partial charge in [0.1, 0.15) is 0 Å². The Kier molecular flexibility index (Phi) is 5.83. The molecule has 2 aromatic carbocycles. The van der Waals surface area contributed by atoms with Gasteiger partial charge in [0.2, 0.25) is 5.91 Å². The summed E-state index contributed by atoms with van der Waals surface area (Å²) in [6.45, 7) is 7.74. The van der Waals surface area contributed by atoms with Crippen molar-refractivity contribution in [3.8, 4) is 0 Å². The number of alkyl halides is 3. The highest BCUT2D eigenvalue weighted by molar-refractivity contribution is 6.62. The molecule has 8 heteroatoms. The van der Waals surface area contributed by atoms with Crippen molar-refractivity contribution in [1.29, 1.82) is 0 Å². The predicted octanol–water partition coefficient (Wildman–Crippen LogP) is 4.91. The summed E-state index contributed by atoms with van der Waals surface area (Å²) in [4.78, 5) is 15.2. The third-order valence-electron chi connectivity index (χ3n) is 8.00. The van der Waals surface area contributed by atoms with Gasteiger partial charge >= 0.3 is 13.3 Å². The molecule has 0 spiro atoms. The Morgan fingerprint density at radius 1 is 1.00 bits per heavy atom. The van der Waals surface area contributed by atoms with Gasteiger partial charge in [-0.15, -0.1) is 0 Å². The fourth-order valence-electron chi connectivity index (χ4n) is 5.01. The first-order chi connectivity index (χ1) is 16.4. The van der Waals surface area contributed by atoms with Gasteiger partial charge in [-0.25, -0.2) is 0 Å². The summed E-state index contributed by atoms with van der Waals surface area (Å²) in [6.07, 6.45) is -1.40. The number of halogens is 3. The molecule has 1 saturated carbocycles. The van der Waals surface area contributed by atoms with Crippen molar-refractivity contribution < 1.29 is 27.3 Å². The molecule has 4 nitrogen and oxygen atoms in total. The van der Waals surface area contributed by atoms with Crippen LogP contribution in [-0.2, 0) is 39.7 Å². The molecule has 2 aliphatic carbocycles. The average molecular weight is 485 g/mol. The first-order valence-corrected chi connectivity index (χ1v) is 12.3. The zero-order valence-electron chi connectivity index (χ0n) is 20.6. The Balaban J connectivity index is 1.51. The van der Waals surface area contributed by atoms with E-state index in [2.05, 4.69) is 12.1 Å². The van der Waals surface area contributed by atoms with Crippen molar-refractivity contribution in [3.05, 3.63) is 64.7 Å². The molecule has 0 atom stereocenters. The molecule has 1 saturated heterocycles. The normalized spacial score (nSPS) is 21.3. The van der Waals surface area contributed by atoms with Gasteiger partial charge in [0.25, 0.3) is 0 Å². The average Bonchev–Trinajstić information content (AvgIpc) is 3.49. The third kappa shape index (κ3) is 4.63. The molecule has 0 aromatic heterocycles. The molecule has 2 aromatic rings. The fourth-order valence-corrected chi connectivity index (χ4v) is 5.01. The number of hydrogen-bond donors (Lipinski definition) is 0. The van der Waals surface area contributed by atoms with E-state index >= 15 is 0 Å². The van der Waals surface area contributed by atoms with E-state index in [-0.39, 0.29) is 24.4 Å². The van der Waals surface area contributed by atoms with E-state index in [0.29, 0.717) is 23.9 Å². The van der Waals surface area contributed by atoms with Gasteiger partial charge in [0.05, 0.1) is 16.8 Å². The van der Waals surface area contributed by atoms with Crippen molar-refractivity contribution in [1.82, 2.24) is 4.90 Å². The smallest absolute Gasteiger partial charge is 0.399 e. The minimum atomic E-state index is -4.49. The van der Waals surface area contributed by atoms with Crippen molar-refractivity contribution >= 4 is 18.5 Å². The lowest BCUT2D eigenvalue weighted by Crippen LogP contribution is -2.44. The maximum Gasteiger partial charge on any atom is 0.495 e. The molecular formula is C27H31BF3NO3. The Labute approximate surface area is 204 Å². The second-order valence-corrected chi connectivity index (χ2v) is 11.1. The highest BCUT2D eigenvalue weighted by Crippen LogP contribution is 2.39. The highest BCUT2D eigenvalue weighted by atomic mass is 19.4. The van der Waals surface area contributed by atoms with E-state index in [1.54, 1.807) is 0 Å². The van der Waals surface area contributed by atoms with Gasteiger partial charge < -0.3 is 14.2 Å². The number of nitrogens with zero attached hydrogens (tertiary/aromatic N) is 1. The molecule has 0 bridgehead atoms. The molecule has 0 unspecified atom stereocenters. The van der Waals surface area contributed by atoms with Crippen LogP contribution in [0.4, 0.5) is 13.2 Å². The van der Waals surface area contributed by atoms with Crippen molar-refractivity contribution in [2.24, 2.45) is 5.92 Å². The van der Waals surface area contributed by atoms with Crippen LogP contribution in [0.1, 0.15) is 62.8 Å². The summed E-state index contributed by atoms with van der Waals surface area (Å²) in [5.41, 5.74) is 1.36. The zero-order valence-corrected chi connectivity index (χ0v) is 20.6. The highest BCUT2D eigenvalue weighted by Gasteiger charge is 2.52. The summed E-state index contributed by atoms with van der Waals surface area (Å²) in [5, 5.41) is 0. The third-order valence-corrected chi connectivity index (χ3v) is 8.00. The molecular weight excluding hydrogens is 454 g/mol. The number of hydrogen-bond acceptors (Lipinski definition) is 3. The van der Waals surface area contributed by atoms with Crippen LogP contribution in [0.15, 0.2) is 42.5 Å². The van der Waals surface area contributed by atoms with Crippen molar-refractivity contribution in [2.75, 3.05) is 0 Å². The summed E-state index contributed by atoms with van der Waals surface area (Å²) in [7, 11) is -0.809.